The van der Waals surface area contributed by atoms with E-state index >= 15 is 0 Å². The average molecular weight is 567 g/mol. The number of pyridine rings is 1. The number of amides is 2. The van der Waals surface area contributed by atoms with E-state index in [-0.39, 0.29) is 22.7 Å². The van der Waals surface area contributed by atoms with Crippen LogP contribution in [-0.4, -0.2) is 22.0 Å². The lowest BCUT2D eigenvalue weighted by Crippen LogP contribution is -2.15. The van der Waals surface area contributed by atoms with Gasteiger partial charge in [-0.1, -0.05) is 41.1 Å². The molecule has 2 aromatic heterocycles. The molecule has 9 heteroatoms. The number of benzene rings is 3. The molecule has 0 spiro atoms. The summed E-state index contributed by atoms with van der Waals surface area (Å²) >= 11 is 0. The Labute approximate surface area is 241 Å². The number of nitrogens with zero attached hydrogens (tertiary/aromatic N) is 2. The van der Waals surface area contributed by atoms with Crippen LogP contribution in [0, 0.1) is 13.8 Å². The molecule has 1 aliphatic carbocycles. The Balaban J connectivity index is 1.28. The van der Waals surface area contributed by atoms with Gasteiger partial charge in [-0.25, -0.2) is 13.8 Å². The number of aromatic nitrogens is 2. The van der Waals surface area contributed by atoms with E-state index in [0.29, 0.717) is 33.6 Å². The van der Waals surface area contributed by atoms with E-state index in [0.717, 1.165) is 48.1 Å². The van der Waals surface area contributed by atoms with Crippen molar-refractivity contribution in [2.75, 3.05) is 10.6 Å². The predicted octanol–water partition coefficient (Wildman–Crippen LogP) is 7.83. The summed E-state index contributed by atoms with van der Waals surface area (Å²) in [5, 5.41) is 10.4. The van der Waals surface area contributed by atoms with Gasteiger partial charge in [0.05, 0.1) is 22.5 Å². The fourth-order valence-electron chi connectivity index (χ4n) is 5.49. The average Bonchev–Trinajstić information content (AvgIpc) is 3.39. The second-order valence-corrected chi connectivity index (χ2v) is 10.6. The zero-order valence-corrected chi connectivity index (χ0v) is 23.1. The molecule has 2 heterocycles. The molecule has 0 bridgehead atoms. The predicted molar refractivity (Wildman–Crippen MR) is 157 cm³/mol. The first-order valence-corrected chi connectivity index (χ1v) is 13.8. The molecule has 3 aromatic carbocycles. The fraction of sp³-hybridized carbons (Fsp3) is 0.212. The quantitative estimate of drug-likeness (QED) is 0.218. The van der Waals surface area contributed by atoms with Gasteiger partial charge in [-0.2, -0.15) is 0 Å². The molecule has 7 nitrogen and oxygen atoms in total. The van der Waals surface area contributed by atoms with Crippen LogP contribution >= 0.6 is 0 Å². The van der Waals surface area contributed by atoms with Crippen molar-refractivity contribution >= 4 is 34.3 Å². The third-order valence-electron chi connectivity index (χ3n) is 7.56. The summed E-state index contributed by atoms with van der Waals surface area (Å²) < 4.78 is 33.0. The lowest BCUT2D eigenvalue weighted by Gasteiger charge is -2.15. The van der Waals surface area contributed by atoms with Gasteiger partial charge >= 0.3 is 0 Å². The molecule has 0 atom stereocenters. The molecule has 0 radical (unpaired) electrons. The number of hydrogen-bond donors (Lipinski definition) is 2. The van der Waals surface area contributed by atoms with Crippen molar-refractivity contribution < 1.29 is 22.9 Å². The Morgan fingerprint density at radius 2 is 1.67 bits per heavy atom. The number of anilines is 2. The number of carbonyl (C=O) groups is 2. The largest absolute Gasteiger partial charge is 0.338 e. The first kappa shape index (κ1) is 27.3. The van der Waals surface area contributed by atoms with E-state index in [9.17, 15) is 18.4 Å². The molecule has 0 aliphatic heterocycles. The van der Waals surface area contributed by atoms with Crippen LogP contribution in [0.4, 0.5) is 20.4 Å². The van der Waals surface area contributed by atoms with Crippen LogP contribution < -0.4 is 10.6 Å². The SMILES string of the molecule is Cc1cc(C)c2nc(-c3ccccc3C(F)F)cc(C(=O)Nc3ccc(C(=O)Nc4onc5c4CCCC5)cc3)c2c1. The first-order valence-electron chi connectivity index (χ1n) is 13.8. The van der Waals surface area contributed by atoms with Crippen molar-refractivity contribution in [2.45, 2.75) is 46.0 Å². The number of aryl methyl sites for hydroxylation is 3. The highest BCUT2D eigenvalue weighted by atomic mass is 19.3. The van der Waals surface area contributed by atoms with Crippen molar-refractivity contribution in [1.82, 2.24) is 10.1 Å². The zero-order valence-electron chi connectivity index (χ0n) is 23.1. The number of carbonyl (C=O) groups excluding carboxylic acids is 2. The van der Waals surface area contributed by atoms with Crippen molar-refractivity contribution in [3.05, 3.63) is 106 Å². The molecule has 6 rings (SSSR count). The van der Waals surface area contributed by atoms with Gasteiger partial charge in [0.25, 0.3) is 18.2 Å². The van der Waals surface area contributed by atoms with Crippen LogP contribution in [0.25, 0.3) is 22.2 Å². The van der Waals surface area contributed by atoms with Gasteiger partial charge in [-0.05, 0) is 81.5 Å². The van der Waals surface area contributed by atoms with Gasteiger partial charge in [0.1, 0.15) is 0 Å². The van der Waals surface area contributed by atoms with Gasteiger partial charge in [-0.15, -0.1) is 0 Å². The minimum Gasteiger partial charge on any atom is -0.338 e. The Hall–Kier alpha value is -4.92. The van der Waals surface area contributed by atoms with E-state index in [1.807, 2.05) is 26.0 Å². The minimum atomic E-state index is -2.69. The fourth-order valence-corrected chi connectivity index (χ4v) is 5.49. The number of fused-ring (bicyclic) bond motifs is 2. The van der Waals surface area contributed by atoms with Gasteiger partial charge in [0.15, 0.2) is 0 Å². The van der Waals surface area contributed by atoms with Crippen LogP contribution in [-0.2, 0) is 12.8 Å². The summed E-state index contributed by atoms with van der Waals surface area (Å²) in [6.07, 6.45) is 1.05. The molecule has 2 N–H and O–H groups in total. The van der Waals surface area contributed by atoms with Gasteiger partial charge in [-0.3, -0.25) is 14.9 Å². The number of alkyl halides is 2. The van der Waals surface area contributed by atoms with Gasteiger partial charge in [0.2, 0.25) is 5.88 Å². The highest BCUT2D eigenvalue weighted by Gasteiger charge is 2.22. The number of hydrogen-bond acceptors (Lipinski definition) is 5. The summed E-state index contributed by atoms with van der Waals surface area (Å²) in [6, 6.07) is 18.0. The number of nitrogens with one attached hydrogen (secondary N) is 2. The lowest BCUT2D eigenvalue weighted by atomic mass is 9.97. The molecule has 0 fully saturated rings. The van der Waals surface area contributed by atoms with E-state index in [1.165, 1.54) is 6.07 Å². The molecular weight excluding hydrogens is 538 g/mol. The highest BCUT2D eigenvalue weighted by molar-refractivity contribution is 6.14. The molecule has 1 aliphatic rings. The molecule has 5 aromatic rings. The van der Waals surface area contributed by atoms with Crippen LogP contribution in [0.15, 0.2) is 71.3 Å². The molecule has 0 unspecified atom stereocenters. The Morgan fingerprint density at radius 3 is 2.45 bits per heavy atom. The Bertz CT molecular complexity index is 1830. The van der Waals surface area contributed by atoms with Crippen molar-refractivity contribution in [3.8, 4) is 11.3 Å². The molecule has 2 amide bonds. The maximum Gasteiger partial charge on any atom is 0.264 e. The summed E-state index contributed by atoms with van der Waals surface area (Å²) in [4.78, 5) is 31.2. The summed E-state index contributed by atoms with van der Waals surface area (Å²) in [7, 11) is 0. The second-order valence-electron chi connectivity index (χ2n) is 10.6. The highest BCUT2D eigenvalue weighted by Crippen LogP contribution is 2.34. The van der Waals surface area contributed by atoms with Crippen molar-refractivity contribution in [3.63, 3.8) is 0 Å². The Kier molecular flexibility index (Phi) is 7.24. The van der Waals surface area contributed by atoms with E-state index in [2.05, 4.69) is 15.8 Å². The molecule has 42 heavy (non-hydrogen) atoms. The smallest absolute Gasteiger partial charge is 0.264 e. The van der Waals surface area contributed by atoms with Crippen molar-refractivity contribution in [1.29, 1.82) is 0 Å². The van der Waals surface area contributed by atoms with Crippen LogP contribution in [0.2, 0.25) is 0 Å². The summed E-state index contributed by atoms with van der Waals surface area (Å²) in [5.41, 5.74) is 5.76. The molecule has 0 saturated heterocycles. The minimum absolute atomic E-state index is 0.153. The standard InChI is InChI=1S/C33H28F2N4O3/c1-18-15-19(2)29-25(16-18)26(17-28(37-29)22-7-3-4-8-23(22)30(34)35)32(41)36-21-13-11-20(12-14-21)31(40)38-33-24-9-5-6-10-27(24)39-42-33/h3-4,7-8,11-17,30H,5-6,9-10H2,1-2H3,(H,36,41)(H,38,40). The normalized spacial score (nSPS) is 12.8. The molecule has 212 valence electrons. The number of rotatable bonds is 6. The maximum absolute atomic E-state index is 13.8. The topological polar surface area (TPSA) is 97.1 Å². The van der Waals surface area contributed by atoms with E-state index in [1.54, 1.807) is 48.5 Å². The van der Waals surface area contributed by atoms with Crippen molar-refractivity contribution in [2.24, 2.45) is 0 Å². The maximum atomic E-state index is 13.8. The lowest BCUT2D eigenvalue weighted by molar-refractivity contribution is 0.101. The monoisotopic (exact) mass is 566 g/mol. The first-order chi connectivity index (χ1) is 20.3. The Morgan fingerprint density at radius 1 is 0.905 bits per heavy atom. The molecule has 0 saturated carbocycles. The third kappa shape index (κ3) is 5.25. The number of halogens is 2. The van der Waals surface area contributed by atoms with Gasteiger partial charge in [0, 0.05) is 33.3 Å². The zero-order chi connectivity index (χ0) is 29.4. The second kappa shape index (κ2) is 11.2. The van der Waals surface area contributed by atoms with Gasteiger partial charge < -0.3 is 9.84 Å². The molecular formula is C33H28F2N4O3. The van der Waals surface area contributed by atoms with Crippen LogP contribution in [0.1, 0.15) is 67.9 Å². The van der Waals surface area contributed by atoms with Crippen LogP contribution in [0.3, 0.4) is 0 Å². The summed E-state index contributed by atoms with van der Waals surface area (Å²) in [6.45, 7) is 3.80. The van der Waals surface area contributed by atoms with E-state index < -0.39 is 12.3 Å². The van der Waals surface area contributed by atoms with E-state index in [4.69, 9.17) is 9.51 Å². The summed E-state index contributed by atoms with van der Waals surface area (Å²) in [5.74, 6) is -0.383. The third-order valence-corrected chi connectivity index (χ3v) is 7.56. The van der Waals surface area contributed by atoms with Crippen LogP contribution in [0.5, 0.6) is 0 Å².